The van der Waals surface area contributed by atoms with Crippen LogP contribution < -0.4 is 15.1 Å². The molecule has 2 aliphatic rings. The Labute approximate surface area is 153 Å². The van der Waals surface area contributed by atoms with Crippen molar-refractivity contribution in [2.45, 2.75) is 12.8 Å². The normalized spacial score (nSPS) is 17.4. The van der Waals surface area contributed by atoms with Gasteiger partial charge >= 0.3 is 0 Å². The predicted molar refractivity (Wildman–Crippen MR) is 101 cm³/mol. The molecule has 26 heavy (non-hydrogen) atoms. The maximum atomic E-state index is 12.8. The molecule has 2 saturated heterocycles. The van der Waals surface area contributed by atoms with Crippen LogP contribution in [0.1, 0.15) is 23.3 Å². The lowest BCUT2D eigenvalue weighted by molar-refractivity contribution is 0.102. The van der Waals surface area contributed by atoms with Gasteiger partial charge < -0.3 is 19.9 Å². The minimum Gasteiger partial charge on any atom is -0.378 e. The number of para-hydroxylation sites is 2. The van der Waals surface area contributed by atoms with Crippen LogP contribution in [0.5, 0.6) is 0 Å². The van der Waals surface area contributed by atoms with E-state index in [0.29, 0.717) is 18.9 Å². The van der Waals surface area contributed by atoms with Crippen molar-refractivity contribution in [1.82, 2.24) is 9.97 Å². The van der Waals surface area contributed by atoms with Gasteiger partial charge in [0.15, 0.2) is 0 Å². The van der Waals surface area contributed by atoms with Gasteiger partial charge in [-0.3, -0.25) is 4.79 Å². The summed E-state index contributed by atoms with van der Waals surface area (Å²) >= 11 is 0. The van der Waals surface area contributed by atoms with Crippen molar-refractivity contribution >= 4 is 23.1 Å². The van der Waals surface area contributed by atoms with Gasteiger partial charge in [0.05, 0.1) is 24.6 Å². The number of carbonyl (C=O) groups is 1. The third-order valence-electron chi connectivity index (χ3n) is 4.82. The van der Waals surface area contributed by atoms with Crippen molar-refractivity contribution in [3.63, 3.8) is 0 Å². The van der Waals surface area contributed by atoms with Crippen LogP contribution >= 0.6 is 0 Å². The van der Waals surface area contributed by atoms with Crippen LogP contribution in [0.2, 0.25) is 0 Å². The second kappa shape index (κ2) is 7.70. The molecule has 0 radical (unpaired) electrons. The third-order valence-corrected chi connectivity index (χ3v) is 4.82. The summed E-state index contributed by atoms with van der Waals surface area (Å²) in [5, 5.41) is 3.01. The van der Waals surface area contributed by atoms with Crippen molar-refractivity contribution in [3.8, 4) is 0 Å². The van der Waals surface area contributed by atoms with Gasteiger partial charge in [-0.15, -0.1) is 0 Å². The molecule has 7 heteroatoms. The highest BCUT2D eigenvalue weighted by Gasteiger charge is 2.19. The molecule has 3 heterocycles. The van der Waals surface area contributed by atoms with Gasteiger partial charge in [0.2, 0.25) is 0 Å². The standard InChI is InChI=1S/C19H23N5O2/c25-19(16-13-18(21-14-20-16)24-7-3-4-8-24)22-15-5-1-2-6-17(15)23-9-11-26-12-10-23/h1-2,5-6,13-14H,3-4,7-12H2,(H,22,25). The lowest BCUT2D eigenvalue weighted by atomic mass is 10.2. The van der Waals surface area contributed by atoms with Gasteiger partial charge in [-0.05, 0) is 25.0 Å². The maximum absolute atomic E-state index is 12.8. The number of ether oxygens (including phenoxy) is 1. The van der Waals surface area contributed by atoms with E-state index in [9.17, 15) is 4.79 Å². The number of amides is 1. The lowest BCUT2D eigenvalue weighted by Crippen LogP contribution is -2.36. The molecular formula is C19H23N5O2. The molecule has 0 atom stereocenters. The van der Waals surface area contributed by atoms with Crippen LogP contribution in [0.15, 0.2) is 36.7 Å². The van der Waals surface area contributed by atoms with Crippen LogP contribution in [0.25, 0.3) is 0 Å². The Morgan fingerprint density at radius 2 is 1.77 bits per heavy atom. The zero-order valence-corrected chi connectivity index (χ0v) is 14.7. The van der Waals surface area contributed by atoms with Crippen LogP contribution in [-0.4, -0.2) is 55.3 Å². The summed E-state index contributed by atoms with van der Waals surface area (Å²) < 4.78 is 5.42. The molecule has 7 nitrogen and oxygen atoms in total. The smallest absolute Gasteiger partial charge is 0.274 e. The first-order valence-electron chi connectivity index (χ1n) is 9.11. The summed E-state index contributed by atoms with van der Waals surface area (Å²) in [6.45, 7) is 5.01. The summed E-state index contributed by atoms with van der Waals surface area (Å²) in [5.74, 6) is 0.609. The number of hydrogen-bond donors (Lipinski definition) is 1. The molecule has 0 spiro atoms. The minimum absolute atomic E-state index is 0.214. The molecule has 0 saturated carbocycles. The van der Waals surface area contributed by atoms with E-state index in [1.54, 1.807) is 6.07 Å². The SMILES string of the molecule is O=C(Nc1ccccc1N1CCOCC1)c1cc(N2CCCC2)ncn1. The maximum Gasteiger partial charge on any atom is 0.274 e. The van der Waals surface area contributed by atoms with E-state index in [1.165, 1.54) is 19.2 Å². The lowest BCUT2D eigenvalue weighted by Gasteiger charge is -2.30. The van der Waals surface area contributed by atoms with E-state index in [-0.39, 0.29) is 5.91 Å². The number of nitrogens with one attached hydrogen (secondary N) is 1. The zero-order valence-electron chi connectivity index (χ0n) is 14.7. The van der Waals surface area contributed by atoms with E-state index >= 15 is 0 Å². The third kappa shape index (κ3) is 3.62. The topological polar surface area (TPSA) is 70.6 Å². The molecule has 1 N–H and O–H groups in total. The van der Waals surface area contributed by atoms with Gasteiger partial charge in [-0.25, -0.2) is 9.97 Å². The van der Waals surface area contributed by atoms with Crippen LogP contribution in [0.4, 0.5) is 17.2 Å². The van der Waals surface area contributed by atoms with Crippen molar-refractivity contribution < 1.29 is 9.53 Å². The first-order chi connectivity index (χ1) is 12.8. The number of nitrogens with zero attached hydrogens (tertiary/aromatic N) is 4. The average Bonchev–Trinajstić information content (AvgIpc) is 3.24. The van der Waals surface area contributed by atoms with Gasteiger partial charge in [0.25, 0.3) is 5.91 Å². The molecule has 2 aliphatic heterocycles. The van der Waals surface area contributed by atoms with E-state index < -0.39 is 0 Å². The summed E-state index contributed by atoms with van der Waals surface area (Å²) in [7, 11) is 0. The number of carbonyl (C=O) groups excluding carboxylic acids is 1. The van der Waals surface area contributed by atoms with E-state index in [4.69, 9.17) is 4.74 Å². The molecule has 0 unspecified atom stereocenters. The highest BCUT2D eigenvalue weighted by atomic mass is 16.5. The average molecular weight is 353 g/mol. The quantitative estimate of drug-likeness (QED) is 0.908. The summed E-state index contributed by atoms with van der Waals surface area (Å²) in [6.07, 6.45) is 3.80. The van der Waals surface area contributed by atoms with Crippen LogP contribution in [-0.2, 0) is 4.74 Å². The molecule has 136 valence electrons. The fraction of sp³-hybridized carbons (Fsp3) is 0.421. The fourth-order valence-corrected chi connectivity index (χ4v) is 3.44. The molecule has 2 aromatic rings. The summed E-state index contributed by atoms with van der Waals surface area (Å²) in [6, 6.07) is 9.63. The Bertz CT molecular complexity index is 770. The number of hydrogen-bond acceptors (Lipinski definition) is 6. The number of benzene rings is 1. The van der Waals surface area contributed by atoms with Crippen LogP contribution in [0, 0.1) is 0 Å². The van der Waals surface area contributed by atoms with Crippen molar-refractivity contribution in [2.75, 3.05) is 54.5 Å². The summed E-state index contributed by atoms with van der Waals surface area (Å²) in [5.41, 5.74) is 2.19. The molecule has 0 bridgehead atoms. The molecule has 2 fully saturated rings. The zero-order chi connectivity index (χ0) is 17.8. The highest BCUT2D eigenvalue weighted by molar-refractivity contribution is 6.05. The first kappa shape index (κ1) is 16.8. The summed E-state index contributed by atoms with van der Waals surface area (Å²) in [4.78, 5) is 25.7. The first-order valence-corrected chi connectivity index (χ1v) is 9.11. The number of rotatable bonds is 4. The van der Waals surface area contributed by atoms with Gasteiger partial charge in [-0.1, -0.05) is 12.1 Å². The molecule has 1 aromatic heterocycles. The molecule has 1 aromatic carbocycles. The largest absolute Gasteiger partial charge is 0.378 e. The van der Waals surface area contributed by atoms with Crippen molar-refractivity contribution in [2.24, 2.45) is 0 Å². The minimum atomic E-state index is -0.214. The number of morpholine rings is 1. The number of aromatic nitrogens is 2. The van der Waals surface area contributed by atoms with Crippen molar-refractivity contribution in [3.05, 3.63) is 42.4 Å². The monoisotopic (exact) mass is 353 g/mol. The second-order valence-electron chi connectivity index (χ2n) is 6.53. The fourth-order valence-electron chi connectivity index (χ4n) is 3.44. The van der Waals surface area contributed by atoms with Gasteiger partial charge in [-0.2, -0.15) is 0 Å². The Hall–Kier alpha value is -2.67. The van der Waals surface area contributed by atoms with Gasteiger partial charge in [0, 0.05) is 32.2 Å². The molecular weight excluding hydrogens is 330 g/mol. The Balaban J connectivity index is 1.52. The van der Waals surface area contributed by atoms with E-state index in [2.05, 4.69) is 25.1 Å². The Kier molecular flexibility index (Phi) is 4.97. The number of anilines is 3. The Morgan fingerprint density at radius 3 is 2.58 bits per heavy atom. The molecule has 1 amide bonds. The van der Waals surface area contributed by atoms with Crippen molar-refractivity contribution in [1.29, 1.82) is 0 Å². The molecule has 0 aliphatic carbocycles. The predicted octanol–water partition coefficient (Wildman–Crippen LogP) is 2.17. The van der Waals surface area contributed by atoms with Crippen LogP contribution in [0.3, 0.4) is 0 Å². The second-order valence-corrected chi connectivity index (χ2v) is 6.53. The van der Waals surface area contributed by atoms with E-state index in [1.807, 2.05) is 24.3 Å². The van der Waals surface area contributed by atoms with E-state index in [0.717, 1.165) is 43.4 Å². The van der Waals surface area contributed by atoms with Gasteiger partial charge in [0.1, 0.15) is 17.8 Å². The molecule has 4 rings (SSSR count). The Morgan fingerprint density at radius 1 is 1.00 bits per heavy atom. The highest BCUT2D eigenvalue weighted by Crippen LogP contribution is 2.27.